The van der Waals surface area contributed by atoms with Gasteiger partial charge in [0, 0.05) is 15.2 Å². The minimum Gasteiger partial charge on any atom is -0.493 e. The molecule has 0 aliphatic carbocycles. The standard InChI is InChI=1S/C16H10ClF3IN5O2/c17-10-3-7(16(18,19)20)5-22-14(10)23-6-12(27)25-26-13-9-4-8(21)1-2-11(9)24-15(13)28/h1-5,24,28H,6H2,(H,22,23). The summed E-state index contributed by atoms with van der Waals surface area (Å²) >= 11 is 7.84. The van der Waals surface area contributed by atoms with Crippen molar-refractivity contribution in [1.82, 2.24) is 9.97 Å². The van der Waals surface area contributed by atoms with Crippen LogP contribution in [0.2, 0.25) is 5.02 Å². The number of pyridine rings is 1. The van der Waals surface area contributed by atoms with Gasteiger partial charge in [-0.2, -0.15) is 13.2 Å². The fourth-order valence-electron chi connectivity index (χ4n) is 2.26. The lowest BCUT2D eigenvalue weighted by molar-refractivity contribution is -0.137. The van der Waals surface area contributed by atoms with Crippen LogP contribution < -0.4 is 5.32 Å². The lowest BCUT2D eigenvalue weighted by Gasteiger charge is -2.09. The average molecular weight is 524 g/mol. The fourth-order valence-corrected chi connectivity index (χ4v) is 2.98. The summed E-state index contributed by atoms with van der Waals surface area (Å²) in [6, 6.07) is 6.04. The van der Waals surface area contributed by atoms with Crippen molar-refractivity contribution in [3.8, 4) is 5.88 Å². The molecule has 146 valence electrons. The van der Waals surface area contributed by atoms with Crippen LogP contribution in [0.15, 0.2) is 40.7 Å². The van der Waals surface area contributed by atoms with Crippen LogP contribution in [0, 0.1) is 3.57 Å². The third-order valence-corrected chi connectivity index (χ3v) is 4.51. The maximum absolute atomic E-state index is 12.6. The first-order valence-corrected chi connectivity index (χ1v) is 9.02. The molecule has 0 atom stereocenters. The van der Waals surface area contributed by atoms with Crippen molar-refractivity contribution < 1.29 is 23.1 Å². The van der Waals surface area contributed by atoms with Crippen LogP contribution in [0.4, 0.5) is 24.7 Å². The Hall–Kier alpha value is -2.41. The first-order valence-electron chi connectivity index (χ1n) is 7.56. The number of aromatic hydroxyl groups is 1. The normalized spacial score (nSPS) is 12.0. The van der Waals surface area contributed by atoms with Gasteiger partial charge in [0.15, 0.2) is 5.69 Å². The molecule has 3 rings (SSSR count). The number of aromatic nitrogens is 2. The van der Waals surface area contributed by atoms with Gasteiger partial charge in [0.05, 0.1) is 22.6 Å². The predicted molar refractivity (Wildman–Crippen MR) is 105 cm³/mol. The first kappa shape index (κ1) is 20.3. The van der Waals surface area contributed by atoms with E-state index in [0.29, 0.717) is 23.2 Å². The van der Waals surface area contributed by atoms with Gasteiger partial charge >= 0.3 is 6.18 Å². The Morgan fingerprint density at radius 3 is 2.79 bits per heavy atom. The second-order valence-corrected chi connectivity index (χ2v) is 7.16. The molecule has 0 saturated heterocycles. The number of hydrogen-bond acceptors (Lipinski definition) is 5. The quantitative estimate of drug-likeness (QED) is 0.320. The molecule has 0 aliphatic heterocycles. The molecule has 0 radical (unpaired) electrons. The lowest BCUT2D eigenvalue weighted by Crippen LogP contribution is -2.13. The van der Waals surface area contributed by atoms with Gasteiger partial charge in [-0.05, 0) is 46.9 Å². The molecular formula is C16H10ClF3IN5O2. The number of carbonyl (C=O) groups excluding carboxylic acids is 1. The minimum atomic E-state index is -4.57. The highest BCUT2D eigenvalue weighted by Gasteiger charge is 2.31. The largest absolute Gasteiger partial charge is 0.493 e. The second kappa shape index (κ2) is 7.91. The molecule has 1 amide bonds. The van der Waals surface area contributed by atoms with E-state index in [9.17, 15) is 23.1 Å². The summed E-state index contributed by atoms with van der Waals surface area (Å²) < 4.78 is 38.7. The molecule has 0 bridgehead atoms. The fraction of sp³-hybridized carbons (Fsp3) is 0.125. The van der Waals surface area contributed by atoms with E-state index in [2.05, 4.69) is 48.1 Å². The minimum absolute atomic E-state index is 0.0947. The van der Waals surface area contributed by atoms with E-state index >= 15 is 0 Å². The van der Waals surface area contributed by atoms with Crippen molar-refractivity contribution in [2.24, 2.45) is 10.2 Å². The van der Waals surface area contributed by atoms with Gasteiger partial charge < -0.3 is 15.4 Å². The Morgan fingerprint density at radius 2 is 2.11 bits per heavy atom. The van der Waals surface area contributed by atoms with Crippen LogP contribution in [0.3, 0.4) is 0 Å². The predicted octanol–water partition coefficient (Wildman–Crippen LogP) is 5.27. The molecule has 3 aromatic rings. The van der Waals surface area contributed by atoms with Crippen molar-refractivity contribution in [2.45, 2.75) is 6.18 Å². The summed E-state index contributed by atoms with van der Waals surface area (Å²) in [6.07, 6.45) is -3.97. The van der Waals surface area contributed by atoms with E-state index in [1.807, 2.05) is 6.07 Å². The number of H-pyrrole nitrogens is 1. The van der Waals surface area contributed by atoms with Gasteiger partial charge in [0.2, 0.25) is 5.88 Å². The zero-order valence-corrected chi connectivity index (χ0v) is 16.6. The Labute approximate surface area is 174 Å². The zero-order chi connectivity index (χ0) is 20.5. The van der Waals surface area contributed by atoms with Gasteiger partial charge in [0.1, 0.15) is 5.82 Å². The highest BCUT2D eigenvalue weighted by atomic mass is 127. The van der Waals surface area contributed by atoms with E-state index in [4.69, 9.17) is 11.6 Å². The summed E-state index contributed by atoms with van der Waals surface area (Å²) in [7, 11) is 0. The molecule has 0 saturated carbocycles. The second-order valence-electron chi connectivity index (χ2n) is 5.51. The Kier molecular flexibility index (Phi) is 5.74. The smallest absolute Gasteiger partial charge is 0.417 e. The van der Waals surface area contributed by atoms with Gasteiger partial charge in [-0.25, -0.2) is 4.98 Å². The number of halogens is 5. The molecule has 3 N–H and O–H groups in total. The van der Waals surface area contributed by atoms with Crippen LogP contribution >= 0.6 is 34.2 Å². The van der Waals surface area contributed by atoms with Gasteiger partial charge in [-0.1, -0.05) is 11.6 Å². The molecule has 0 unspecified atom stereocenters. The van der Waals surface area contributed by atoms with E-state index in [1.165, 1.54) is 0 Å². The summed E-state index contributed by atoms with van der Waals surface area (Å²) in [5, 5.41) is 20.0. The summed E-state index contributed by atoms with van der Waals surface area (Å²) in [4.78, 5) is 18.2. The highest BCUT2D eigenvalue weighted by Crippen LogP contribution is 2.36. The SMILES string of the molecule is O=C(CNc1ncc(C(F)(F)F)cc1Cl)N=Nc1c(O)[nH]c2ccc(I)cc12. The third-order valence-electron chi connectivity index (χ3n) is 3.55. The number of carbonyl (C=O) groups is 1. The van der Waals surface area contributed by atoms with E-state index in [1.54, 1.807) is 12.1 Å². The van der Waals surface area contributed by atoms with Crippen LogP contribution in [-0.4, -0.2) is 27.5 Å². The Bertz CT molecular complexity index is 1080. The molecule has 7 nitrogen and oxygen atoms in total. The third kappa shape index (κ3) is 4.52. The lowest BCUT2D eigenvalue weighted by atomic mass is 10.2. The number of rotatable bonds is 4. The first-order chi connectivity index (χ1) is 13.1. The van der Waals surface area contributed by atoms with Gasteiger partial charge in [0.25, 0.3) is 5.91 Å². The van der Waals surface area contributed by atoms with E-state index < -0.39 is 24.2 Å². The van der Waals surface area contributed by atoms with Crippen LogP contribution in [0.25, 0.3) is 10.9 Å². The van der Waals surface area contributed by atoms with Crippen LogP contribution in [0.1, 0.15) is 5.56 Å². The van der Waals surface area contributed by atoms with Crippen molar-refractivity contribution >= 4 is 62.5 Å². The number of alkyl halides is 3. The van der Waals surface area contributed by atoms with E-state index in [0.717, 1.165) is 3.57 Å². The molecular weight excluding hydrogens is 514 g/mol. The van der Waals surface area contributed by atoms with Crippen molar-refractivity contribution in [2.75, 3.05) is 11.9 Å². The Balaban J connectivity index is 1.70. The number of anilines is 1. The van der Waals surface area contributed by atoms with E-state index in [-0.39, 0.29) is 22.4 Å². The number of nitrogens with one attached hydrogen (secondary N) is 2. The molecule has 2 aromatic heterocycles. The number of fused-ring (bicyclic) bond motifs is 1. The molecule has 0 aliphatic rings. The Morgan fingerprint density at radius 1 is 1.36 bits per heavy atom. The number of aromatic amines is 1. The van der Waals surface area contributed by atoms with Crippen LogP contribution in [0.5, 0.6) is 5.88 Å². The maximum atomic E-state index is 12.6. The number of amides is 1. The molecule has 12 heteroatoms. The summed E-state index contributed by atoms with van der Waals surface area (Å²) in [5.41, 5.74) is -0.274. The monoisotopic (exact) mass is 523 g/mol. The molecule has 0 spiro atoms. The molecule has 0 fully saturated rings. The average Bonchev–Trinajstić information content (AvgIpc) is 2.92. The molecule has 2 heterocycles. The topological polar surface area (TPSA) is 103 Å². The number of benzene rings is 1. The van der Waals surface area contributed by atoms with Crippen molar-refractivity contribution in [3.63, 3.8) is 0 Å². The number of azo groups is 1. The van der Waals surface area contributed by atoms with Gasteiger partial charge in [-0.15, -0.1) is 10.2 Å². The molecule has 1 aromatic carbocycles. The van der Waals surface area contributed by atoms with Crippen molar-refractivity contribution in [3.05, 3.63) is 44.6 Å². The zero-order valence-electron chi connectivity index (χ0n) is 13.7. The number of hydrogen-bond donors (Lipinski definition) is 3. The summed E-state index contributed by atoms with van der Waals surface area (Å²) in [5.74, 6) is -1.08. The highest BCUT2D eigenvalue weighted by molar-refractivity contribution is 14.1. The van der Waals surface area contributed by atoms with Gasteiger partial charge in [-0.3, -0.25) is 4.79 Å². The molecule has 28 heavy (non-hydrogen) atoms. The maximum Gasteiger partial charge on any atom is 0.417 e. The van der Waals surface area contributed by atoms with Crippen molar-refractivity contribution in [1.29, 1.82) is 0 Å². The number of nitrogens with zero attached hydrogens (tertiary/aromatic N) is 3. The summed E-state index contributed by atoms with van der Waals surface area (Å²) in [6.45, 7) is -0.401. The van der Waals surface area contributed by atoms with Crippen LogP contribution in [-0.2, 0) is 11.0 Å².